The molecule has 1 unspecified atom stereocenters. The third-order valence-electron chi connectivity index (χ3n) is 2.58. The van der Waals surface area contributed by atoms with Crippen LogP contribution in [0.15, 0.2) is 18.2 Å². The minimum Gasteiger partial charge on any atom is -0.310 e. The van der Waals surface area contributed by atoms with E-state index >= 15 is 0 Å². The van der Waals surface area contributed by atoms with Crippen LogP contribution in [-0.2, 0) is 9.84 Å². The molecule has 0 spiro atoms. The van der Waals surface area contributed by atoms with Crippen LogP contribution in [0, 0.1) is 0 Å². The molecule has 3 nitrogen and oxygen atoms in total. The lowest BCUT2D eigenvalue weighted by molar-refractivity contribution is 0.530. The fourth-order valence-corrected chi connectivity index (χ4v) is 2.84. The smallest absolute Gasteiger partial charge is 0.147 e. The molecule has 18 heavy (non-hydrogen) atoms. The third kappa shape index (κ3) is 4.76. The van der Waals surface area contributed by atoms with Gasteiger partial charge in [-0.25, -0.2) is 8.42 Å². The Morgan fingerprint density at radius 1 is 1.33 bits per heavy atom. The van der Waals surface area contributed by atoms with Gasteiger partial charge in [-0.2, -0.15) is 0 Å². The maximum Gasteiger partial charge on any atom is 0.147 e. The first-order chi connectivity index (χ1) is 8.35. The quantitative estimate of drug-likeness (QED) is 0.878. The topological polar surface area (TPSA) is 46.2 Å². The molecule has 1 N–H and O–H groups in total. The monoisotopic (exact) mass is 309 g/mol. The Balaban J connectivity index is 2.93. The van der Waals surface area contributed by atoms with Crippen molar-refractivity contribution < 1.29 is 8.42 Å². The van der Waals surface area contributed by atoms with Crippen LogP contribution in [0.4, 0.5) is 0 Å². The summed E-state index contributed by atoms with van der Waals surface area (Å²) in [5.41, 5.74) is 0.842. The predicted octanol–water partition coefficient (Wildman–Crippen LogP) is 3.08. The van der Waals surface area contributed by atoms with Crippen LogP contribution in [-0.4, -0.2) is 27.0 Å². The van der Waals surface area contributed by atoms with Crippen LogP contribution in [0.3, 0.4) is 0 Å². The molecular formula is C12H17Cl2NO2S. The van der Waals surface area contributed by atoms with E-state index in [1.807, 2.05) is 19.1 Å². The van der Waals surface area contributed by atoms with Crippen molar-refractivity contribution in [3.63, 3.8) is 0 Å². The fraction of sp³-hybridized carbons (Fsp3) is 0.500. The van der Waals surface area contributed by atoms with E-state index in [9.17, 15) is 8.42 Å². The molecule has 1 rings (SSSR count). The minimum atomic E-state index is -2.98. The molecular weight excluding hydrogens is 293 g/mol. The summed E-state index contributed by atoms with van der Waals surface area (Å²) >= 11 is 12.1. The van der Waals surface area contributed by atoms with Crippen molar-refractivity contribution in [2.45, 2.75) is 19.4 Å². The van der Waals surface area contributed by atoms with Gasteiger partial charge in [-0.1, -0.05) is 42.3 Å². The summed E-state index contributed by atoms with van der Waals surface area (Å²) in [6, 6.07) is 5.29. The first kappa shape index (κ1) is 15.8. The first-order valence-electron chi connectivity index (χ1n) is 5.70. The van der Waals surface area contributed by atoms with E-state index in [0.29, 0.717) is 16.5 Å². The van der Waals surface area contributed by atoms with Crippen LogP contribution in [0.5, 0.6) is 0 Å². The van der Waals surface area contributed by atoms with Crippen molar-refractivity contribution in [2.75, 3.05) is 18.6 Å². The highest BCUT2D eigenvalue weighted by Gasteiger charge is 2.17. The van der Waals surface area contributed by atoms with Gasteiger partial charge in [-0.3, -0.25) is 0 Å². The van der Waals surface area contributed by atoms with Crippen molar-refractivity contribution >= 4 is 33.0 Å². The molecule has 1 aromatic carbocycles. The number of rotatable bonds is 6. The van der Waals surface area contributed by atoms with Gasteiger partial charge in [0.25, 0.3) is 0 Å². The Kier molecular flexibility index (Phi) is 5.92. The van der Waals surface area contributed by atoms with E-state index in [4.69, 9.17) is 23.2 Å². The number of hydrogen-bond donors (Lipinski definition) is 1. The Morgan fingerprint density at radius 3 is 2.56 bits per heavy atom. The van der Waals surface area contributed by atoms with E-state index in [1.165, 1.54) is 6.26 Å². The van der Waals surface area contributed by atoms with Gasteiger partial charge < -0.3 is 5.32 Å². The van der Waals surface area contributed by atoms with Gasteiger partial charge in [0.1, 0.15) is 9.84 Å². The second-order valence-electron chi connectivity index (χ2n) is 4.17. The zero-order valence-corrected chi connectivity index (χ0v) is 12.7. The van der Waals surface area contributed by atoms with E-state index in [0.717, 1.165) is 12.1 Å². The lowest BCUT2D eigenvalue weighted by Crippen LogP contribution is -2.23. The highest BCUT2D eigenvalue weighted by Crippen LogP contribution is 2.31. The van der Waals surface area contributed by atoms with Crippen molar-refractivity contribution in [1.29, 1.82) is 0 Å². The summed E-state index contributed by atoms with van der Waals surface area (Å²) in [6.07, 6.45) is 1.71. The molecule has 0 aliphatic carbocycles. The fourth-order valence-electron chi connectivity index (χ4n) is 1.74. The normalized spacial score (nSPS) is 13.6. The van der Waals surface area contributed by atoms with Crippen LogP contribution in [0.1, 0.15) is 24.9 Å². The second kappa shape index (κ2) is 6.75. The van der Waals surface area contributed by atoms with Crippen molar-refractivity contribution in [3.8, 4) is 0 Å². The van der Waals surface area contributed by atoms with Crippen molar-refractivity contribution in [3.05, 3.63) is 33.8 Å². The molecule has 1 aromatic rings. The molecule has 0 radical (unpaired) electrons. The Labute approximate surface area is 118 Å². The minimum absolute atomic E-state index is 0.101. The summed E-state index contributed by atoms with van der Waals surface area (Å²) < 4.78 is 22.5. The molecule has 0 saturated heterocycles. The molecule has 0 bridgehead atoms. The third-order valence-corrected chi connectivity index (χ3v) is 4.40. The standard InChI is InChI=1S/C12H17Cl2NO2S/c1-3-15-11(7-8-18(2,16)17)9-5-4-6-10(13)12(9)14/h4-6,11,15H,3,7-8H2,1-2H3. The van der Waals surface area contributed by atoms with Crippen molar-refractivity contribution in [2.24, 2.45) is 0 Å². The van der Waals surface area contributed by atoms with Crippen LogP contribution >= 0.6 is 23.2 Å². The van der Waals surface area contributed by atoms with Gasteiger partial charge in [0.05, 0.1) is 15.8 Å². The summed E-state index contributed by atoms with van der Waals surface area (Å²) in [5.74, 6) is 0.119. The molecule has 0 aromatic heterocycles. The molecule has 0 heterocycles. The van der Waals surface area contributed by atoms with Crippen LogP contribution in [0.2, 0.25) is 10.0 Å². The average Bonchev–Trinajstić information content (AvgIpc) is 2.27. The summed E-state index contributed by atoms with van der Waals surface area (Å²) in [4.78, 5) is 0. The lowest BCUT2D eigenvalue weighted by Gasteiger charge is -2.19. The molecule has 6 heteroatoms. The molecule has 0 saturated carbocycles. The zero-order valence-electron chi connectivity index (χ0n) is 10.4. The molecule has 0 aliphatic rings. The summed E-state index contributed by atoms with van der Waals surface area (Å²) in [7, 11) is -2.98. The van der Waals surface area contributed by atoms with Gasteiger partial charge in [0.2, 0.25) is 0 Å². The number of halogens is 2. The van der Waals surface area contributed by atoms with E-state index in [1.54, 1.807) is 6.07 Å². The van der Waals surface area contributed by atoms with Gasteiger partial charge in [-0.05, 0) is 24.6 Å². The Morgan fingerprint density at radius 2 is 2.00 bits per heavy atom. The SMILES string of the molecule is CCNC(CCS(C)(=O)=O)c1cccc(Cl)c1Cl. The molecule has 0 amide bonds. The Hall–Kier alpha value is -0.290. The van der Waals surface area contributed by atoms with E-state index in [-0.39, 0.29) is 11.8 Å². The van der Waals surface area contributed by atoms with Crippen LogP contribution < -0.4 is 5.32 Å². The maximum absolute atomic E-state index is 11.2. The number of benzene rings is 1. The predicted molar refractivity (Wildman–Crippen MR) is 77.2 cm³/mol. The summed E-state index contributed by atoms with van der Waals surface area (Å²) in [5, 5.41) is 4.20. The number of nitrogens with one attached hydrogen (secondary N) is 1. The largest absolute Gasteiger partial charge is 0.310 e. The molecule has 102 valence electrons. The first-order valence-corrected chi connectivity index (χ1v) is 8.51. The van der Waals surface area contributed by atoms with Gasteiger partial charge in [-0.15, -0.1) is 0 Å². The molecule has 1 atom stereocenters. The highest BCUT2D eigenvalue weighted by atomic mass is 35.5. The Bertz CT molecular complexity index is 503. The number of sulfone groups is 1. The molecule has 0 aliphatic heterocycles. The van der Waals surface area contributed by atoms with E-state index < -0.39 is 9.84 Å². The number of hydrogen-bond acceptors (Lipinski definition) is 3. The van der Waals surface area contributed by atoms with Gasteiger partial charge >= 0.3 is 0 Å². The van der Waals surface area contributed by atoms with Gasteiger partial charge in [0, 0.05) is 12.3 Å². The zero-order chi connectivity index (χ0) is 13.8. The summed E-state index contributed by atoms with van der Waals surface area (Å²) in [6.45, 7) is 2.70. The highest BCUT2D eigenvalue weighted by molar-refractivity contribution is 7.90. The lowest BCUT2D eigenvalue weighted by atomic mass is 10.0. The van der Waals surface area contributed by atoms with Crippen molar-refractivity contribution in [1.82, 2.24) is 5.32 Å². The van der Waals surface area contributed by atoms with Crippen LogP contribution in [0.25, 0.3) is 0 Å². The van der Waals surface area contributed by atoms with Gasteiger partial charge in [0.15, 0.2) is 0 Å². The average molecular weight is 310 g/mol. The molecule has 0 fully saturated rings. The van der Waals surface area contributed by atoms with E-state index in [2.05, 4.69) is 5.32 Å². The second-order valence-corrected chi connectivity index (χ2v) is 7.22. The maximum atomic E-state index is 11.2.